The summed E-state index contributed by atoms with van der Waals surface area (Å²) in [6, 6.07) is 8.67. The van der Waals surface area contributed by atoms with Crippen molar-refractivity contribution >= 4 is 12.4 Å². The molecule has 0 spiro atoms. The smallest absolute Gasteiger partial charge is 0.142 e. The molecule has 4 nitrogen and oxygen atoms in total. The lowest BCUT2D eigenvalue weighted by Crippen LogP contribution is -2.02. The van der Waals surface area contributed by atoms with Crippen LogP contribution in [0.25, 0.3) is 11.3 Å². The number of nitrogens with zero attached hydrogens (tertiary/aromatic N) is 2. The van der Waals surface area contributed by atoms with Crippen LogP contribution in [-0.4, -0.2) is 15.1 Å². The molecule has 0 amide bonds. The van der Waals surface area contributed by atoms with E-state index in [1.807, 2.05) is 6.07 Å². The Morgan fingerprint density at radius 1 is 1.12 bits per heavy atom. The Kier molecular flexibility index (Phi) is 4.22. The molecule has 2 aromatic rings. The highest BCUT2D eigenvalue weighted by Gasteiger charge is 2.00. The molecule has 1 aromatic heterocycles. The topological polar surface area (TPSA) is 72.0 Å². The average molecular weight is 238 g/mol. The summed E-state index contributed by atoms with van der Waals surface area (Å²) in [6.45, 7) is 0.325. The van der Waals surface area contributed by atoms with Crippen LogP contribution in [0.1, 0.15) is 5.82 Å². The van der Waals surface area contributed by atoms with Crippen molar-refractivity contribution in [3.05, 3.63) is 42.4 Å². The summed E-state index contributed by atoms with van der Waals surface area (Å²) >= 11 is 0. The predicted octanol–water partition coefficient (Wildman–Crippen LogP) is 1.73. The van der Waals surface area contributed by atoms with Gasteiger partial charge in [0.1, 0.15) is 11.6 Å². The summed E-state index contributed by atoms with van der Waals surface area (Å²) in [5.41, 5.74) is 7.20. The molecule has 0 bridgehead atoms. The maximum atomic E-state index is 9.15. The van der Waals surface area contributed by atoms with E-state index in [0.29, 0.717) is 12.4 Å². The van der Waals surface area contributed by atoms with Crippen molar-refractivity contribution in [2.75, 3.05) is 0 Å². The van der Waals surface area contributed by atoms with E-state index >= 15 is 0 Å². The lowest BCUT2D eigenvalue weighted by molar-refractivity contribution is 0.475. The Bertz CT molecular complexity index is 459. The molecule has 0 aliphatic heterocycles. The number of hydrogen-bond donors (Lipinski definition) is 2. The highest BCUT2D eigenvalue weighted by molar-refractivity contribution is 5.85. The van der Waals surface area contributed by atoms with Gasteiger partial charge in [-0.15, -0.1) is 12.4 Å². The molecule has 5 heteroatoms. The van der Waals surface area contributed by atoms with E-state index in [4.69, 9.17) is 10.8 Å². The summed E-state index contributed by atoms with van der Waals surface area (Å²) in [5.74, 6) is 0.854. The van der Waals surface area contributed by atoms with E-state index in [2.05, 4.69) is 9.97 Å². The Hall–Kier alpha value is -1.65. The summed E-state index contributed by atoms with van der Waals surface area (Å²) in [4.78, 5) is 8.29. The van der Waals surface area contributed by atoms with Gasteiger partial charge in [-0.25, -0.2) is 9.97 Å². The van der Waals surface area contributed by atoms with Crippen molar-refractivity contribution in [3.8, 4) is 17.0 Å². The van der Waals surface area contributed by atoms with E-state index < -0.39 is 0 Å². The molecule has 0 aliphatic rings. The lowest BCUT2D eigenvalue weighted by atomic mass is 10.1. The molecular formula is C11H12ClN3O. The maximum absolute atomic E-state index is 9.15. The molecule has 0 atom stereocenters. The lowest BCUT2D eigenvalue weighted by Gasteiger charge is -2.02. The third-order valence-electron chi connectivity index (χ3n) is 2.05. The third kappa shape index (κ3) is 2.68. The van der Waals surface area contributed by atoms with Crippen molar-refractivity contribution in [2.45, 2.75) is 6.54 Å². The third-order valence-corrected chi connectivity index (χ3v) is 2.05. The number of hydrogen-bond acceptors (Lipinski definition) is 4. The largest absolute Gasteiger partial charge is 0.508 e. The number of benzene rings is 1. The minimum absolute atomic E-state index is 0. The molecule has 1 heterocycles. The van der Waals surface area contributed by atoms with E-state index in [1.54, 1.807) is 30.5 Å². The normalized spacial score (nSPS) is 9.56. The first kappa shape index (κ1) is 12.4. The van der Waals surface area contributed by atoms with Crippen LogP contribution in [0.5, 0.6) is 5.75 Å². The Labute approximate surface area is 99.6 Å². The minimum atomic E-state index is 0. The van der Waals surface area contributed by atoms with Gasteiger partial charge in [0.05, 0.1) is 12.2 Å². The standard InChI is InChI=1S/C11H11N3O.ClH/c12-7-11-13-6-5-10(14-11)8-1-3-9(15)4-2-8;/h1-6,15H,7,12H2;1H. The van der Waals surface area contributed by atoms with Gasteiger partial charge in [-0.05, 0) is 30.3 Å². The molecule has 0 radical (unpaired) electrons. The van der Waals surface area contributed by atoms with Crippen LogP contribution in [0.4, 0.5) is 0 Å². The maximum Gasteiger partial charge on any atom is 0.142 e. The van der Waals surface area contributed by atoms with Crippen LogP contribution < -0.4 is 5.73 Å². The molecule has 84 valence electrons. The van der Waals surface area contributed by atoms with Crippen molar-refractivity contribution in [2.24, 2.45) is 5.73 Å². The van der Waals surface area contributed by atoms with E-state index in [-0.39, 0.29) is 18.2 Å². The van der Waals surface area contributed by atoms with Crippen LogP contribution >= 0.6 is 12.4 Å². The summed E-state index contributed by atoms with van der Waals surface area (Å²) < 4.78 is 0. The van der Waals surface area contributed by atoms with Crippen LogP contribution in [0.3, 0.4) is 0 Å². The molecular weight excluding hydrogens is 226 g/mol. The number of rotatable bonds is 2. The number of phenolic OH excluding ortho intramolecular Hbond substituents is 1. The zero-order chi connectivity index (χ0) is 10.7. The Balaban J connectivity index is 0.00000128. The van der Waals surface area contributed by atoms with Crippen molar-refractivity contribution in [1.82, 2.24) is 9.97 Å². The molecule has 0 saturated heterocycles. The summed E-state index contributed by atoms with van der Waals surface area (Å²) in [6.07, 6.45) is 1.68. The number of nitrogens with two attached hydrogens (primary N) is 1. The van der Waals surface area contributed by atoms with Crippen molar-refractivity contribution < 1.29 is 5.11 Å². The van der Waals surface area contributed by atoms with Gasteiger partial charge in [0.2, 0.25) is 0 Å². The van der Waals surface area contributed by atoms with Crippen molar-refractivity contribution in [3.63, 3.8) is 0 Å². The molecule has 0 saturated carbocycles. The highest BCUT2D eigenvalue weighted by atomic mass is 35.5. The van der Waals surface area contributed by atoms with Gasteiger partial charge in [-0.1, -0.05) is 0 Å². The second-order valence-corrected chi connectivity index (χ2v) is 3.11. The first-order chi connectivity index (χ1) is 7.29. The van der Waals surface area contributed by atoms with E-state index in [1.165, 1.54) is 0 Å². The van der Waals surface area contributed by atoms with Crippen LogP contribution in [0, 0.1) is 0 Å². The molecule has 0 aliphatic carbocycles. The van der Waals surface area contributed by atoms with Crippen LogP contribution in [0.15, 0.2) is 36.5 Å². The zero-order valence-electron chi connectivity index (χ0n) is 8.50. The van der Waals surface area contributed by atoms with Crippen LogP contribution in [-0.2, 0) is 6.54 Å². The molecule has 1 aromatic carbocycles. The predicted molar refractivity (Wildman–Crippen MR) is 64.3 cm³/mol. The number of aromatic hydroxyl groups is 1. The first-order valence-corrected chi connectivity index (χ1v) is 4.61. The quantitative estimate of drug-likeness (QED) is 0.835. The Morgan fingerprint density at radius 3 is 2.44 bits per heavy atom. The van der Waals surface area contributed by atoms with Crippen LogP contribution in [0.2, 0.25) is 0 Å². The van der Waals surface area contributed by atoms with E-state index in [9.17, 15) is 0 Å². The molecule has 16 heavy (non-hydrogen) atoms. The SMILES string of the molecule is Cl.NCc1nccc(-c2ccc(O)cc2)n1. The number of halogens is 1. The fraction of sp³-hybridized carbons (Fsp3) is 0.0909. The van der Waals surface area contributed by atoms with Gasteiger partial charge in [0.25, 0.3) is 0 Å². The molecule has 2 rings (SSSR count). The highest BCUT2D eigenvalue weighted by Crippen LogP contribution is 2.19. The fourth-order valence-electron chi connectivity index (χ4n) is 1.29. The fourth-order valence-corrected chi connectivity index (χ4v) is 1.29. The Morgan fingerprint density at radius 2 is 1.81 bits per heavy atom. The van der Waals surface area contributed by atoms with Gasteiger partial charge >= 0.3 is 0 Å². The van der Waals surface area contributed by atoms with E-state index in [0.717, 1.165) is 11.3 Å². The van der Waals surface area contributed by atoms with Gasteiger partial charge < -0.3 is 10.8 Å². The average Bonchev–Trinajstić information content (AvgIpc) is 2.30. The minimum Gasteiger partial charge on any atom is -0.508 e. The summed E-state index contributed by atoms with van der Waals surface area (Å²) in [7, 11) is 0. The number of aromatic nitrogens is 2. The van der Waals surface area contributed by atoms with Gasteiger partial charge in [-0.2, -0.15) is 0 Å². The zero-order valence-corrected chi connectivity index (χ0v) is 9.31. The molecule has 3 N–H and O–H groups in total. The molecule has 0 unspecified atom stereocenters. The molecule has 0 fully saturated rings. The van der Waals surface area contributed by atoms with Gasteiger partial charge in [-0.3, -0.25) is 0 Å². The second-order valence-electron chi connectivity index (χ2n) is 3.11. The monoisotopic (exact) mass is 237 g/mol. The van der Waals surface area contributed by atoms with Gasteiger partial charge in [0.15, 0.2) is 0 Å². The van der Waals surface area contributed by atoms with Crippen molar-refractivity contribution in [1.29, 1.82) is 0 Å². The second kappa shape index (κ2) is 5.44. The first-order valence-electron chi connectivity index (χ1n) is 4.61. The van der Waals surface area contributed by atoms with Gasteiger partial charge in [0, 0.05) is 11.8 Å². The number of phenols is 1. The summed E-state index contributed by atoms with van der Waals surface area (Å²) in [5, 5.41) is 9.15.